The molecule has 1 aliphatic rings. The van der Waals surface area contributed by atoms with Crippen LogP contribution in [0.4, 0.5) is 0 Å². The molecule has 74 valence electrons. The van der Waals surface area contributed by atoms with Gasteiger partial charge in [0.05, 0.1) is 12.7 Å². The highest BCUT2D eigenvalue weighted by molar-refractivity contribution is 7.99. The summed E-state index contributed by atoms with van der Waals surface area (Å²) in [6.45, 7) is 2.47. The lowest BCUT2D eigenvalue weighted by Crippen LogP contribution is -1.96. The first-order chi connectivity index (χ1) is 6.77. The Morgan fingerprint density at radius 3 is 2.93 bits per heavy atom. The van der Waals surface area contributed by atoms with Crippen LogP contribution in [0.25, 0.3) is 0 Å². The third-order valence-corrected chi connectivity index (χ3v) is 3.30. The van der Waals surface area contributed by atoms with Crippen LogP contribution < -0.4 is 0 Å². The van der Waals surface area contributed by atoms with E-state index in [1.807, 2.05) is 24.3 Å². The molecule has 1 heterocycles. The van der Waals surface area contributed by atoms with Gasteiger partial charge in [-0.2, -0.15) is 0 Å². The number of thioether (sulfide) groups is 1. The van der Waals surface area contributed by atoms with Gasteiger partial charge in [-0.05, 0) is 13.0 Å². The van der Waals surface area contributed by atoms with Gasteiger partial charge < -0.3 is 4.74 Å². The predicted octanol–water partition coefficient (Wildman–Crippen LogP) is 2.38. The Morgan fingerprint density at radius 1 is 1.57 bits per heavy atom. The lowest BCUT2D eigenvalue weighted by atomic mass is 10.1. The molecule has 1 aromatic rings. The molecule has 1 unspecified atom stereocenters. The molecule has 0 aliphatic carbocycles. The minimum absolute atomic E-state index is 0.129. The Labute approximate surface area is 87.6 Å². The van der Waals surface area contributed by atoms with Crippen molar-refractivity contribution in [3.63, 3.8) is 0 Å². The molecule has 0 N–H and O–H groups in total. The highest BCUT2D eigenvalue weighted by atomic mass is 32.2. The second-order valence-electron chi connectivity index (χ2n) is 3.32. The first-order valence-electron chi connectivity index (χ1n) is 4.62. The molecule has 1 aromatic carbocycles. The van der Waals surface area contributed by atoms with Crippen LogP contribution in [0.15, 0.2) is 29.2 Å². The molecule has 0 spiro atoms. The summed E-state index contributed by atoms with van der Waals surface area (Å²) >= 11 is 1.70. The van der Waals surface area contributed by atoms with Crippen molar-refractivity contribution in [3.05, 3.63) is 29.8 Å². The zero-order valence-electron chi connectivity index (χ0n) is 8.03. The lowest BCUT2D eigenvalue weighted by molar-refractivity contribution is 0.101. The predicted molar refractivity (Wildman–Crippen MR) is 56.9 cm³/mol. The first-order valence-corrected chi connectivity index (χ1v) is 5.60. The molecule has 1 saturated heterocycles. The fraction of sp³-hybridized carbons (Fsp3) is 0.364. The van der Waals surface area contributed by atoms with E-state index in [1.165, 1.54) is 0 Å². The number of carbonyl (C=O) groups is 1. The summed E-state index contributed by atoms with van der Waals surface area (Å²) in [5, 5.41) is 0. The molecule has 0 amide bonds. The number of hydrogen-bond acceptors (Lipinski definition) is 3. The summed E-state index contributed by atoms with van der Waals surface area (Å²) in [5.41, 5.74) is 0.818. The number of hydrogen-bond donors (Lipinski definition) is 0. The van der Waals surface area contributed by atoms with E-state index in [0.717, 1.165) is 22.8 Å². The SMILES string of the molecule is CC(=O)c1ccccc1SCC1CO1. The average Bonchev–Trinajstić information content (AvgIpc) is 2.98. The molecule has 1 fully saturated rings. The number of Topliss-reactive ketones (excluding diaryl/α,β-unsaturated/α-hetero) is 1. The van der Waals surface area contributed by atoms with Gasteiger partial charge in [0.15, 0.2) is 5.78 Å². The van der Waals surface area contributed by atoms with Crippen LogP contribution in [-0.4, -0.2) is 24.2 Å². The standard InChI is InChI=1S/C11H12O2S/c1-8(12)10-4-2-3-5-11(10)14-7-9-6-13-9/h2-5,9H,6-7H2,1H3. The van der Waals surface area contributed by atoms with Gasteiger partial charge in [-0.3, -0.25) is 4.79 Å². The molecule has 0 radical (unpaired) electrons. The van der Waals surface area contributed by atoms with E-state index in [-0.39, 0.29) is 5.78 Å². The molecule has 0 bridgehead atoms. The smallest absolute Gasteiger partial charge is 0.160 e. The molecule has 3 heteroatoms. The molecule has 2 rings (SSSR count). The fourth-order valence-corrected chi connectivity index (χ4v) is 2.33. The quantitative estimate of drug-likeness (QED) is 0.432. The van der Waals surface area contributed by atoms with Gasteiger partial charge in [0.25, 0.3) is 0 Å². The van der Waals surface area contributed by atoms with E-state index >= 15 is 0 Å². The normalized spacial score (nSPS) is 19.4. The monoisotopic (exact) mass is 208 g/mol. The Balaban J connectivity index is 2.09. The van der Waals surface area contributed by atoms with E-state index in [9.17, 15) is 4.79 Å². The van der Waals surface area contributed by atoms with Gasteiger partial charge in [-0.1, -0.05) is 18.2 Å². The van der Waals surface area contributed by atoms with Gasteiger partial charge in [0.2, 0.25) is 0 Å². The highest BCUT2D eigenvalue weighted by Gasteiger charge is 2.22. The summed E-state index contributed by atoms with van der Waals surface area (Å²) in [6.07, 6.45) is 0.403. The number of carbonyl (C=O) groups excluding carboxylic acids is 1. The number of epoxide rings is 1. The van der Waals surface area contributed by atoms with E-state index in [0.29, 0.717) is 6.10 Å². The Bertz CT molecular complexity index is 345. The van der Waals surface area contributed by atoms with Crippen molar-refractivity contribution >= 4 is 17.5 Å². The van der Waals surface area contributed by atoms with Gasteiger partial charge in [-0.25, -0.2) is 0 Å². The van der Waals surface area contributed by atoms with Crippen molar-refractivity contribution in [3.8, 4) is 0 Å². The molecule has 0 saturated carbocycles. The second kappa shape index (κ2) is 4.15. The number of rotatable bonds is 4. The number of ether oxygens (including phenoxy) is 1. The van der Waals surface area contributed by atoms with Crippen LogP contribution in [0, 0.1) is 0 Å². The number of ketones is 1. The van der Waals surface area contributed by atoms with E-state index in [2.05, 4.69) is 0 Å². The minimum Gasteiger partial charge on any atom is -0.372 e. The minimum atomic E-state index is 0.129. The van der Waals surface area contributed by atoms with Gasteiger partial charge in [0.1, 0.15) is 0 Å². The Hall–Kier alpha value is -0.800. The third-order valence-electron chi connectivity index (χ3n) is 2.09. The summed E-state index contributed by atoms with van der Waals surface area (Å²) in [4.78, 5) is 12.3. The molecule has 2 nitrogen and oxygen atoms in total. The first kappa shape index (κ1) is 9.74. The zero-order chi connectivity index (χ0) is 9.97. The van der Waals surface area contributed by atoms with Gasteiger partial charge in [-0.15, -0.1) is 11.8 Å². The van der Waals surface area contributed by atoms with Crippen molar-refractivity contribution in [2.24, 2.45) is 0 Å². The maximum atomic E-state index is 11.3. The third kappa shape index (κ3) is 2.36. The van der Waals surface area contributed by atoms with Crippen LogP contribution in [0.5, 0.6) is 0 Å². The van der Waals surface area contributed by atoms with Crippen LogP contribution in [0.2, 0.25) is 0 Å². The molecular weight excluding hydrogens is 196 g/mol. The van der Waals surface area contributed by atoms with Crippen molar-refractivity contribution in [2.75, 3.05) is 12.4 Å². The fourth-order valence-electron chi connectivity index (χ4n) is 1.23. The lowest BCUT2D eigenvalue weighted by Gasteiger charge is -2.04. The Kier molecular flexibility index (Phi) is 2.89. The van der Waals surface area contributed by atoms with Crippen molar-refractivity contribution in [1.82, 2.24) is 0 Å². The summed E-state index contributed by atoms with van der Waals surface area (Å²) in [7, 11) is 0. The highest BCUT2D eigenvalue weighted by Crippen LogP contribution is 2.26. The van der Waals surface area contributed by atoms with Crippen LogP contribution in [-0.2, 0) is 4.74 Å². The van der Waals surface area contributed by atoms with E-state index in [1.54, 1.807) is 18.7 Å². The van der Waals surface area contributed by atoms with Crippen LogP contribution >= 0.6 is 11.8 Å². The van der Waals surface area contributed by atoms with Crippen LogP contribution in [0.3, 0.4) is 0 Å². The molecule has 14 heavy (non-hydrogen) atoms. The van der Waals surface area contributed by atoms with Crippen molar-refractivity contribution in [1.29, 1.82) is 0 Å². The van der Waals surface area contributed by atoms with Gasteiger partial charge in [0, 0.05) is 16.2 Å². The second-order valence-corrected chi connectivity index (χ2v) is 4.38. The largest absolute Gasteiger partial charge is 0.372 e. The molecule has 1 atom stereocenters. The Morgan fingerprint density at radius 2 is 2.29 bits per heavy atom. The molecule has 1 aliphatic heterocycles. The van der Waals surface area contributed by atoms with Crippen LogP contribution in [0.1, 0.15) is 17.3 Å². The van der Waals surface area contributed by atoms with Crippen molar-refractivity contribution < 1.29 is 9.53 Å². The maximum absolute atomic E-state index is 11.3. The van der Waals surface area contributed by atoms with Gasteiger partial charge >= 0.3 is 0 Å². The maximum Gasteiger partial charge on any atom is 0.160 e. The summed E-state index contributed by atoms with van der Waals surface area (Å²) < 4.78 is 5.12. The molecule has 0 aromatic heterocycles. The van der Waals surface area contributed by atoms with E-state index < -0.39 is 0 Å². The summed E-state index contributed by atoms with van der Waals surface area (Å²) in [5.74, 6) is 1.08. The van der Waals surface area contributed by atoms with E-state index in [4.69, 9.17) is 4.74 Å². The zero-order valence-corrected chi connectivity index (χ0v) is 8.84. The van der Waals surface area contributed by atoms with Crippen molar-refractivity contribution in [2.45, 2.75) is 17.9 Å². The average molecular weight is 208 g/mol. The topological polar surface area (TPSA) is 29.6 Å². The molecular formula is C11H12O2S. The number of benzene rings is 1. The summed E-state index contributed by atoms with van der Waals surface area (Å²) in [6, 6.07) is 7.72.